The van der Waals surface area contributed by atoms with Gasteiger partial charge in [-0.05, 0) is 32.4 Å². The highest BCUT2D eigenvalue weighted by atomic mass is 35.5. The monoisotopic (exact) mass is 286 g/mol. The summed E-state index contributed by atoms with van der Waals surface area (Å²) in [7, 11) is 0. The summed E-state index contributed by atoms with van der Waals surface area (Å²) in [5, 5.41) is 14.3. The molecule has 0 aliphatic carbocycles. The molecule has 0 spiro atoms. The molecule has 0 aliphatic heterocycles. The molecule has 1 rings (SSSR count). The van der Waals surface area contributed by atoms with Crippen LogP contribution in [0.25, 0.3) is 0 Å². The maximum atomic E-state index is 11.5. The molecule has 0 atom stereocenters. The second kappa shape index (κ2) is 7.86. The van der Waals surface area contributed by atoms with Crippen LogP contribution in [0.2, 0.25) is 5.02 Å². The quantitative estimate of drug-likeness (QED) is 0.704. The number of halogens is 1. The van der Waals surface area contributed by atoms with Gasteiger partial charge in [-0.2, -0.15) is 0 Å². The molecule has 0 unspecified atom stereocenters. The molecule has 106 valence electrons. The number of anilines is 1. The van der Waals surface area contributed by atoms with Crippen LogP contribution in [0.4, 0.5) is 10.5 Å². The number of ether oxygens (including phenoxy) is 1. The summed E-state index contributed by atoms with van der Waals surface area (Å²) in [6, 6.07) is 4.74. The standard InChI is InChI=1S/C13H19ClN2O3/c1-9(2)19-10-4-5-12(11(14)8-10)16-13(18)15-6-3-7-17/h4-5,8-9,17H,3,6-7H2,1-2H3,(H2,15,16,18). The summed E-state index contributed by atoms with van der Waals surface area (Å²) in [6.07, 6.45) is 0.583. The van der Waals surface area contributed by atoms with Gasteiger partial charge in [0.05, 0.1) is 16.8 Å². The zero-order chi connectivity index (χ0) is 14.3. The smallest absolute Gasteiger partial charge is 0.319 e. The second-order valence-corrected chi connectivity index (χ2v) is 4.67. The highest BCUT2D eigenvalue weighted by Crippen LogP contribution is 2.27. The third-order valence-electron chi connectivity index (χ3n) is 2.18. The number of urea groups is 1. The van der Waals surface area contributed by atoms with Crippen molar-refractivity contribution < 1.29 is 14.6 Å². The number of aliphatic hydroxyl groups excluding tert-OH is 1. The van der Waals surface area contributed by atoms with E-state index in [0.29, 0.717) is 29.4 Å². The van der Waals surface area contributed by atoms with Crippen LogP contribution in [0, 0.1) is 0 Å². The Labute approximate surface area is 117 Å². The lowest BCUT2D eigenvalue weighted by Gasteiger charge is -2.12. The minimum atomic E-state index is -0.354. The first-order valence-corrected chi connectivity index (χ1v) is 6.52. The lowest BCUT2D eigenvalue weighted by Crippen LogP contribution is -2.30. The minimum Gasteiger partial charge on any atom is -0.491 e. The summed E-state index contributed by atoms with van der Waals surface area (Å²) in [6.45, 7) is 4.31. The number of aliphatic hydroxyl groups is 1. The van der Waals surface area contributed by atoms with Crippen molar-refractivity contribution in [3.8, 4) is 5.75 Å². The van der Waals surface area contributed by atoms with E-state index >= 15 is 0 Å². The van der Waals surface area contributed by atoms with Gasteiger partial charge in [0.2, 0.25) is 0 Å². The molecule has 1 aromatic carbocycles. The van der Waals surface area contributed by atoms with Gasteiger partial charge in [-0.3, -0.25) is 0 Å². The van der Waals surface area contributed by atoms with Gasteiger partial charge in [-0.25, -0.2) is 4.79 Å². The van der Waals surface area contributed by atoms with Crippen molar-refractivity contribution in [2.75, 3.05) is 18.5 Å². The fourth-order valence-corrected chi connectivity index (χ4v) is 1.61. The molecule has 0 heterocycles. The first kappa shape index (κ1) is 15.6. The largest absolute Gasteiger partial charge is 0.491 e. The molecule has 0 aliphatic rings. The summed E-state index contributed by atoms with van der Waals surface area (Å²) in [5.74, 6) is 0.659. The van der Waals surface area contributed by atoms with Crippen LogP contribution >= 0.6 is 11.6 Å². The van der Waals surface area contributed by atoms with E-state index < -0.39 is 0 Å². The van der Waals surface area contributed by atoms with Gasteiger partial charge in [-0.15, -0.1) is 0 Å². The molecule has 0 aromatic heterocycles. The Hall–Kier alpha value is -1.46. The number of hydrogen-bond acceptors (Lipinski definition) is 3. The van der Waals surface area contributed by atoms with Crippen molar-refractivity contribution in [3.05, 3.63) is 23.2 Å². The van der Waals surface area contributed by atoms with Gasteiger partial charge in [0.25, 0.3) is 0 Å². The van der Waals surface area contributed by atoms with E-state index in [0.717, 1.165) is 0 Å². The van der Waals surface area contributed by atoms with Gasteiger partial charge in [0.15, 0.2) is 0 Å². The number of benzene rings is 1. The molecule has 0 saturated carbocycles. The second-order valence-electron chi connectivity index (χ2n) is 4.27. The highest BCUT2D eigenvalue weighted by molar-refractivity contribution is 6.33. The van der Waals surface area contributed by atoms with E-state index in [1.54, 1.807) is 18.2 Å². The number of amides is 2. The van der Waals surface area contributed by atoms with E-state index in [2.05, 4.69) is 10.6 Å². The van der Waals surface area contributed by atoms with Gasteiger partial charge >= 0.3 is 6.03 Å². The lowest BCUT2D eigenvalue weighted by molar-refractivity contribution is 0.242. The van der Waals surface area contributed by atoms with Gasteiger partial charge in [0.1, 0.15) is 5.75 Å². The third kappa shape index (κ3) is 5.81. The Morgan fingerprint density at radius 2 is 2.21 bits per heavy atom. The Morgan fingerprint density at radius 1 is 1.47 bits per heavy atom. The molecule has 3 N–H and O–H groups in total. The topological polar surface area (TPSA) is 70.6 Å². The molecule has 5 nitrogen and oxygen atoms in total. The minimum absolute atomic E-state index is 0.0439. The number of hydrogen-bond donors (Lipinski definition) is 3. The number of nitrogens with one attached hydrogen (secondary N) is 2. The molecule has 0 saturated heterocycles. The van der Waals surface area contributed by atoms with E-state index in [1.165, 1.54) is 0 Å². The first-order chi connectivity index (χ1) is 9.02. The van der Waals surface area contributed by atoms with Crippen LogP contribution in [-0.4, -0.2) is 30.4 Å². The molecule has 1 aromatic rings. The normalized spacial score (nSPS) is 10.4. The van der Waals surface area contributed by atoms with Crippen molar-refractivity contribution >= 4 is 23.3 Å². The van der Waals surface area contributed by atoms with Crippen molar-refractivity contribution in [1.29, 1.82) is 0 Å². The van der Waals surface area contributed by atoms with E-state index in [1.807, 2.05) is 13.8 Å². The third-order valence-corrected chi connectivity index (χ3v) is 2.49. The van der Waals surface area contributed by atoms with Crippen LogP contribution in [0.5, 0.6) is 5.75 Å². The molecule has 19 heavy (non-hydrogen) atoms. The maximum absolute atomic E-state index is 11.5. The Bertz CT molecular complexity index is 424. The fourth-order valence-electron chi connectivity index (χ4n) is 1.39. The van der Waals surface area contributed by atoms with Gasteiger partial charge in [-0.1, -0.05) is 11.6 Å². The number of carbonyl (C=O) groups is 1. The molecule has 2 amide bonds. The zero-order valence-electron chi connectivity index (χ0n) is 11.1. The molecule has 0 fully saturated rings. The van der Waals surface area contributed by atoms with Crippen molar-refractivity contribution in [2.24, 2.45) is 0 Å². The van der Waals surface area contributed by atoms with Crippen LogP contribution in [0.3, 0.4) is 0 Å². The Kier molecular flexibility index (Phi) is 6.45. The van der Waals surface area contributed by atoms with Crippen molar-refractivity contribution in [3.63, 3.8) is 0 Å². The van der Waals surface area contributed by atoms with Gasteiger partial charge < -0.3 is 20.5 Å². The number of rotatable bonds is 6. The Balaban J connectivity index is 2.57. The van der Waals surface area contributed by atoms with Crippen LogP contribution < -0.4 is 15.4 Å². The van der Waals surface area contributed by atoms with Crippen molar-refractivity contribution in [2.45, 2.75) is 26.4 Å². The van der Waals surface area contributed by atoms with Crippen LogP contribution in [-0.2, 0) is 0 Å². The summed E-state index contributed by atoms with van der Waals surface area (Å²) < 4.78 is 5.49. The van der Waals surface area contributed by atoms with Crippen molar-refractivity contribution in [1.82, 2.24) is 5.32 Å². The molecule has 6 heteroatoms. The van der Waals surface area contributed by atoms with E-state index in [-0.39, 0.29) is 18.7 Å². The predicted molar refractivity (Wildman–Crippen MR) is 75.9 cm³/mol. The zero-order valence-corrected chi connectivity index (χ0v) is 11.8. The summed E-state index contributed by atoms with van der Waals surface area (Å²) in [4.78, 5) is 11.5. The molecular formula is C13H19ClN2O3. The number of carbonyl (C=O) groups excluding carboxylic acids is 1. The first-order valence-electron chi connectivity index (χ1n) is 6.15. The predicted octanol–water partition coefficient (Wildman–Crippen LogP) is 2.63. The van der Waals surface area contributed by atoms with Gasteiger partial charge in [0, 0.05) is 19.2 Å². The maximum Gasteiger partial charge on any atom is 0.319 e. The average molecular weight is 287 g/mol. The molecular weight excluding hydrogens is 268 g/mol. The summed E-state index contributed by atoms with van der Waals surface area (Å²) >= 11 is 6.06. The molecule has 0 bridgehead atoms. The molecule has 0 radical (unpaired) electrons. The lowest BCUT2D eigenvalue weighted by atomic mass is 10.3. The van der Waals surface area contributed by atoms with E-state index in [4.69, 9.17) is 21.4 Å². The summed E-state index contributed by atoms with van der Waals surface area (Å²) in [5.41, 5.74) is 0.513. The SMILES string of the molecule is CC(C)Oc1ccc(NC(=O)NCCCO)c(Cl)c1. The fraction of sp³-hybridized carbons (Fsp3) is 0.462. The van der Waals surface area contributed by atoms with Crippen LogP contribution in [0.15, 0.2) is 18.2 Å². The average Bonchev–Trinajstić information content (AvgIpc) is 2.32. The Morgan fingerprint density at radius 3 is 2.79 bits per heavy atom. The van der Waals surface area contributed by atoms with E-state index in [9.17, 15) is 4.79 Å². The highest BCUT2D eigenvalue weighted by Gasteiger charge is 2.07. The van der Waals surface area contributed by atoms with Crippen LogP contribution in [0.1, 0.15) is 20.3 Å².